The minimum absolute atomic E-state index is 0.106. The third kappa shape index (κ3) is 4.40. The number of aryl methyl sites for hydroxylation is 1. The average Bonchev–Trinajstić information content (AvgIpc) is 3.09. The molecule has 0 saturated heterocycles. The molecule has 3 rings (SSSR count). The highest BCUT2D eigenvalue weighted by molar-refractivity contribution is 7.99. The quantitative estimate of drug-likeness (QED) is 0.674. The zero-order chi connectivity index (χ0) is 18.5. The fourth-order valence-electron chi connectivity index (χ4n) is 2.29. The van der Waals surface area contributed by atoms with Crippen molar-refractivity contribution in [2.45, 2.75) is 12.1 Å². The summed E-state index contributed by atoms with van der Waals surface area (Å²) in [5.41, 5.74) is 3.87. The Morgan fingerprint density at radius 2 is 1.81 bits per heavy atom. The van der Waals surface area contributed by atoms with E-state index in [1.165, 1.54) is 11.8 Å². The van der Waals surface area contributed by atoms with Crippen molar-refractivity contribution in [3.8, 4) is 5.69 Å². The smallest absolute Gasteiger partial charge is 0.234 e. The number of thioether (sulfide) groups is 1. The molecule has 26 heavy (non-hydrogen) atoms. The Balaban J connectivity index is 1.60. The highest BCUT2D eigenvalue weighted by Gasteiger charge is 2.11. The Hall–Kier alpha value is -2.87. The number of carbonyl (C=O) groups is 1. The van der Waals surface area contributed by atoms with Crippen LogP contribution in [0.1, 0.15) is 5.56 Å². The molecular formula is C18H20N6OS. The standard InChI is InChI=1S/C18H20N6OS/c1-13-4-8-16(9-5-13)24-18(20-21-22-24)26-12-17(25)19-14-6-10-15(11-7-14)23(2)3/h4-11H,12H2,1-3H3,(H,19,25). The number of nitrogens with one attached hydrogen (secondary N) is 1. The lowest BCUT2D eigenvalue weighted by Crippen LogP contribution is -2.15. The molecule has 1 amide bonds. The van der Waals surface area contributed by atoms with Crippen LogP contribution in [-0.2, 0) is 4.79 Å². The van der Waals surface area contributed by atoms with Crippen LogP contribution in [0, 0.1) is 6.92 Å². The monoisotopic (exact) mass is 368 g/mol. The minimum Gasteiger partial charge on any atom is -0.378 e. The molecular weight excluding hydrogens is 348 g/mol. The van der Waals surface area contributed by atoms with Crippen LogP contribution in [-0.4, -0.2) is 46.0 Å². The molecule has 3 aromatic rings. The molecule has 0 aliphatic carbocycles. The third-order valence-electron chi connectivity index (χ3n) is 3.72. The van der Waals surface area contributed by atoms with Gasteiger partial charge in [-0.25, -0.2) is 0 Å². The van der Waals surface area contributed by atoms with Crippen molar-refractivity contribution in [2.75, 3.05) is 30.1 Å². The van der Waals surface area contributed by atoms with Gasteiger partial charge in [-0.05, 0) is 53.7 Å². The van der Waals surface area contributed by atoms with Crippen LogP contribution in [0.5, 0.6) is 0 Å². The normalized spacial score (nSPS) is 10.6. The Morgan fingerprint density at radius 1 is 1.12 bits per heavy atom. The van der Waals surface area contributed by atoms with E-state index in [-0.39, 0.29) is 11.7 Å². The predicted molar refractivity (Wildman–Crippen MR) is 104 cm³/mol. The molecule has 0 saturated carbocycles. The summed E-state index contributed by atoms with van der Waals surface area (Å²) in [6.07, 6.45) is 0. The number of aromatic nitrogens is 4. The van der Waals surface area contributed by atoms with Gasteiger partial charge in [0.25, 0.3) is 0 Å². The van der Waals surface area contributed by atoms with Crippen LogP contribution in [0.3, 0.4) is 0 Å². The van der Waals surface area contributed by atoms with E-state index in [0.29, 0.717) is 5.16 Å². The van der Waals surface area contributed by atoms with Crippen molar-refractivity contribution >= 4 is 29.0 Å². The number of amides is 1. The summed E-state index contributed by atoms with van der Waals surface area (Å²) in [5, 5.41) is 15.2. The van der Waals surface area contributed by atoms with Crippen LogP contribution in [0.4, 0.5) is 11.4 Å². The van der Waals surface area contributed by atoms with Crippen molar-refractivity contribution in [2.24, 2.45) is 0 Å². The lowest BCUT2D eigenvalue weighted by atomic mass is 10.2. The Bertz CT molecular complexity index is 873. The van der Waals surface area contributed by atoms with E-state index in [1.54, 1.807) is 4.68 Å². The molecule has 7 nitrogen and oxygen atoms in total. The largest absolute Gasteiger partial charge is 0.378 e. The Morgan fingerprint density at radius 3 is 2.46 bits per heavy atom. The van der Waals surface area contributed by atoms with Gasteiger partial charge < -0.3 is 10.2 Å². The molecule has 0 bridgehead atoms. The number of nitrogens with zero attached hydrogens (tertiary/aromatic N) is 5. The van der Waals surface area contributed by atoms with Gasteiger partial charge in [0.05, 0.1) is 11.4 Å². The summed E-state index contributed by atoms with van der Waals surface area (Å²) in [4.78, 5) is 14.2. The van der Waals surface area contributed by atoms with Gasteiger partial charge in [-0.3, -0.25) is 4.79 Å². The second-order valence-electron chi connectivity index (χ2n) is 5.99. The molecule has 0 aliphatic rings. The molecule has 1 heterocycles. The summed E-state index contributed by atoms with van der Waals surface area (Å²) in [6, 6.07) is 15.6. The number of hydrogen-bond acceptors (Lipinski definition) is 6. The maximum absolute atomic E-state index is 12.2. The highest BCUT2D eigenvalue weighted by Crippen LogP contribution is 2.20. The van der Waals surface area contributed by atoms with Gasteiger partial charge in [-0.1, -0.05) is 29.5 Å². The number of carbonyl (C=O) groups excluding carboxylic acids is 1. The molecule has 0 radical (unpaired) electrons. The first-order valence-electron chi connectivity index (χ1n) is 8.08. The topological polar surface area (TPSA) is 75.9 Å². The van der Waals surface area contributed by atoms with Gasteiger partial charge >= 0.3 is 0 Å². The van der Waals surface area contributed by atoms with Crippen LogP contribution in [0.25, 0.3) is 5.69 Å². The van der Waals surface area contributed by atoms with Gasteiger partial charge in [0.15, 0.2) is 0 Å². The summed E-state index contributed by atoms with van der Waals surface area (Å²) < 4.78 is 1.63. The molecule has 8 heteroatoms. The number of rotatable bonds is 6. The van der Waals surface area contributed by atoms with E-state index >= 15 is 0 Å². The first-order chi connectivity index (χ1) is 12.5. The lowest BCUT2D eigenvalue weighted by molar-refractivity contribution is -0.113. The molecule has 0 unspecified atom stereocenters. The molecule has 1 aromatic heterocycles. The van der Waals surface area contributed by atoms with Gasteiger partial charge in [-0.15, -0.1) is 5.10 Å². The number of tetrazole rings is 1. The zero-order valence-corrected chi connectivity index (χ0v) is 15.7. The lowest BCUT2D eigenvalue weighted by Gasteiger charge is -2.13. The molecule has 0 aliphatic heterocycles. The second kappa shape index (κ2) is 8.01. The Labute approximate surface area is 156 Å². The number of benzene rings is 2. The van der Waals surface area contributed by atoms with Crippen LogP contribution < -0.4 is 10.2 Å². The SMILES string of the molecule is Cc1ccc(-n2nnnc2SCC(=O)Nc2ccc(N(C)C)cc2)cc1. The molecule has 2 aromatic carbocycles. The summed E-state index contributed by atoms with van der Waals surface area (Å²) in [5.74, 6) is 0.118. The maximum atomic E-state index is 12.2. The van der Waals surface area contributed by atoms with Crippen LogP contribution >= 0.6 is 11.8 Å². The highest BCUT2D eigenvalue weighted by atomic mass is 32.2. The van der Waals surface area contributed by atoms with E-state index in [2.05, 4.69) is 20.8 Å². The molecule has 0 atom stereocenters. The van der Waals surface area contributed by atoms with E-state index < -0.39 is 0 Å². The molecule has 134 valence electrons. The van der Waals surface area contributed by atoms with Crippen molar-refractivity contribution in [3.05, 3.63) is 54.1 Å². The Kier molecular flexibility index (Phi) is 5.52. The molecule has 1 N–H and O–H groups in total. The van der Waals surface area contributed by atoms with E-state index in [0.717, 1.165) is 22.6 Å². The first-order valence-corrected chi connectivity index (χ1v) is 9.07. The van der Waals surface area contributed by atoms with Crippen molar-refractivity contribution in [3.63, 3.8) is 0 Å². The zero-order valence-electron chi connectivity index (χ0n) is 14.9. The van der Waals surface area contributed by atoms with E-state index in [4.69, 9.17) is 0 Å². The molecule has 0 spiro atoms. The van der Waals surface area contributed by atoms with E-state index in [9.17, 15) is 4.79 Å². The average molecular weight is 368 g/mol. The van der Waals surface area contributed by atoms with Gasteiger partial charge in [0, 0.05) is 25.5 Å². The maximum Gasteiger partial charge on any atom is 0.234 e. The van der Waals surface area contributed by atoms with Crippen LogP contribution in [0.2, 0.25) is 0 Å². The first kappa shape index (κ1) is 17.9. The van der Waals surface area contributed by atoms with Gasteiger partial charge in [-0.2, -0.15) is 4.68 Å². The van der Waals surface area contributed by atoms with Gasteiger partial charge in [0.1, 0.15) is 0 Å². The third-order valence-corrected chi connectivity index (χ3v) is 4.64. The summed E-state index contributed by atoms with van der Waals surface area (Å²) in [7, 11) is 3.95. The number of anilines is 2. The van der Waals surface area contributed by atoms with Gasteiger partial charge in [0.2, 0.25) is 11.1 Å². The summed E-state index contributed by atoms with van der Waals surface area (Å²) >= 11 is 1.29. The second-order valence-corrected chi connectivity index (χ2v) is 6.93. The fraction of sp³-hybridized carbons (Fsp3) is 0.222. The number of hydrogen-bond donors (Lipinski definition) is 1. The summed E-state index contributed by atoms with van der Waals surface area (Å²) in [6.45, 7) is 2.02. The van der Waals surface area contributed by atoms with E-state index in [1.807, 2.05) is 74.4 Å². The fourth-order valence-corrected chi connectivity index (χ4v) is 2.98. The van der Waals surface area contributed by atoms with Crippen molar-refractivity contribution < 1.29 is 4.79 Å². The van der Waals surface area contributed by atoms with Crippen molar-refractivity contribution in [1.29, 1.82) is 0 Å². The predicted octanol–water partition coefficient (Wildman–Crippen LogP) is 2.77. The van der Waals surface area contributed by atoms with Crippen molar-refractivity contribution in [1.82, 2.24) is 20.2 Å². The molecule has 0 fully saturated rings. The minimum atomic E-state index is -0.106. The van der Waals surface area contributed by atoms with Crippen LogP contribution in [0.15, 0.2) is 53.7 Å².